The molecule has 0 aromatic carbocycles. The summed E-state index contributed by atoms with van der Waals surface area (Å²) in [4.78, 5) is 2.52. The van der Waals surface area contributed by atoms with Crippen molar-refractivity contribution < 1.29 is 5.11 Å². The average molecular weight is 170 g/mol. The van der Waals surface area contributed by atoms with Crippen molar-refractivity contribution in [1.29, 1.82) is 0 Å². The summed E-state index contributed by atoms with van der Waals surface area (Å²) < 4.78 is 0. The molecule has 3 saturated heterocycles. The lowest BCUT2D eigenvalue weighted by Gasteiger charge is -2.45. The Morgan fingerprint density at radius 3 is 2.58 bits per heavy atom. The molecule has 3 fully saturated rings. The fourth-order valence-corrected chi connectivity index (χ4v) is 2.45. The molecule has 0 spiro atoms. The second-order valence-corrected chi connectivity index (χ2v) is 3.92. The highest BCUT2D eigenvalue weighted by atomic mass is 16.3. The van der Waals surface area contributed by atoms with E-state index in [1.807, 2.05) is 0 Å². The first-order valence-corrected chi connectivity index (χ1v) is 4.97. The van der Waals surface area contributed by atoms with Crippen LogP contribution in [0.1, 0.15) is 12.8 Å². The molecule has 3 nitrogen and oxygen atoms in total. The quantitative estimate of drug-likeness (QED) is 0.608. The van der Waals surface area contributed by atoms with E-state index in [-0.39, 0.29) is 6.61 Å². The highest BCUT2D eigenvalue weighted by molar-refractivity contribution is 4.90. The van der Waals surface area contributed by atoms with Gasteiger partial charge in [0.1, 0.15) is 0 Å². The van der Waals surface area contributed by atoms with Crippen LogP contribution >= 0.6 is 0 Å². The monoisotopic (exact) mass is 170 g/mol. The Kier molecular flexibility index (Phi) is 2.63. The first-order chi connectivity index (χ1) is 5.90. The number of nitrogens with zero attached hydrogens (tertiary/aromatic N) is 1. The van der Waals surface area contributed by atoms with Crippen LogP contribution in [0.4, 0.5) is 0 Å². The summed E-state index contributed by atoms with van der Waals surface area (Å²) in [5, 5.41) is 12.1. The number of piperidine rings is 3. The molecule has 2 N–H and O–H groups in total. The van der Waals surface area contributed by atoms with E-state index in [1.54, 1.807) is 0 Å². The van der Waals surface area contributed by atoms with Crippen molar-refractivity contribution in [2.45, 2.75) is 18.9 Å². The molecule has 3 rings (SSSR count). The summed E-state index contributed by atoms with van der Waals surface area (Å²) in [6.45, 7) is 4.81. The Morgan fingerprint density at radius 1 is 1.33 bits per heavy atom. The number of nitrogens with one attached hydrogen (secondary N) is 1. The SMILES string of the molecule is OCCNC1CN2CCC1CC2. The van der Waals surface area contributed by atoms with Crippen molar-refractivity contribution in [2.24, 2.45) is 5.92 Å². The van der Waals surface area contributed by atoms with E-state index in [0.29, 0.717) is 6.04 Å². The molecule has 70 valence electrons. The number of rotatable bonds is 3. The minimum Gasteiger partial charge on any atom is -0.395 e. The zero-order chi connectivity index (χ0) is 8.39. The first-order valence-electron chi connectivity index (χ1n) is 4.97. The van der Waals surface area contributed by atoms with Crippen molar-refractivity contribution in [1.82, 2.24) is 10.2 Å². The van der Waals surface area contributed by atoms with Gasteiger partial charge in [0.25, 0.3) is 0 Å². The molecule has 0 amide bonds. The van der Waals surface area contributed by atoms with Crippen molar-refractivity contribution in [3.05, 3.63) is 0 Å². The molecule has 3 heteroatoms. The molecule has 3 aliphatic rings. The van der Waals surface area contributed by atoms with Gasteiger partial charge in [-0.15, -0.1) is 0 Å². The van der Waals surface area contributed by atoms with Gasteiger partial charge in [0.05, 0.1) is 6.61 Å². The second kappa shape index (κ2) is 3.73. The lowest BCUT2D eigenvalue weighted by atomic mass is 9.84. The third kappa shape index (κ3) is 1.63. The van der Waals surface area contributed by atoms with E-state index in [9.17, 15) is 0 Å². The van der Waals surface area contributed by atoms with Crippen LogP contribution in [-0.2, 0) is 0 Å². The standard InChI is InChI=1S/C9H18N2O/c12-6-3-10-9-7-11-4-1-8(9)2-5-11/h8-10,12H,1-7H2. The summed E-state index contributed by atoms with van der Waals surface area (Å²) in [6.07, 6.45) is 2.70. The smallest absolute Gasteiger partial charge is 0.0556 e. The first kappa shape index (κ1) is 8.48. The summed E-state index contributed by atoms with van der Waals surface area (Å²) in [5.41, 5.74) is 0. The van der Waals surface area contributed by atoms with Gasteiger partial charge in [-0.25, -0.2) is 0 Å². The second-order valence-electron chi connectivity index (χ2n) is 3.92. The molecular formula is C9H18N2O. The van der Waals surface area contributed by atoms with Crippen molar-refractivity contribution >= 4 is 0 Å². The number of aliphatic hydroxyl groups excluding tert-OH is 1. The Labute approximate surface area is 73.8 Å². The number of hydrogen-bond donors (Lipinski definition) is 2. The average Bonchev–Trinajstić information content (AvgIpc) is 2.17. The molecule has 0 saturated carbocycles. The van der Waals surface area contributed by atoms with E-state index in [1.165, 1.54) is 32.5 Å². The van der Waals surface area contributed by atoms with Crippen LogP contribution < -0.4 is 5.32 Å². The van der Waals surface area contributed by atoms with Crippen LogP contribution in [0.5, 0.6) is 0 Å². The molecular weight excluding hydrogens is 152 g/mol. The van der Waals surface area contributed by atoms with E-state index < -0.39 is 0 Å². The Bertz CT molecular complexity index is 143. The van der Waals surface area contributed by atoms with Gasteiger partial charge in [-0.3, -0.25) is 0 Å². The van der Waals surface area contributed by atoms with Gasteiger partial charge < -0.3 is 15.3 Å². The van der Waals surface area contributed by atoms with E-state index in [0.717, 1.165) is 12.5 Å². The van der Waals surface area contributed by atoms with Crippen LogP contribution in [0.2, 0.25) is 0 Å². The molecule has 1 unspecified atom stereocenters. The fraction of sp³-hybridized carbons (Fsp3) is 1.00. The van der Waals surface area contributed by atoms with Crippen LogP contribution in [0.3, 0.4) is 0 Å². The van der Waals surface area contributed by atoms with Gasteiger partial charge in [0.2, 0.25) is 0 Å². The Morgan fingerprint density at radius 2 is 2.08 bits per heavy atom. The zero-order valence-electron chi connectivity index (χ0n) is 7.50. The summed E-state index contributed by atoms with van der Waals surface area (Å²) >= 11 is 0. The molecule has 0 aliphatic carbocycles. The Balaban J connectivity index is 1.82. The maximum Gasteiger partial charge on any atom is 0.0556 e. The summed E-state index contributed by atoms with van der Waals surface area (Å²) in [6, 6.07) is 0.652. The van der Waals surface area contributed by atoms with Crippen LogP contribution in [0, 0.1) is 5.92 Å². The van der Waals surface area contributed by atoms with Gasteiger partial charge in [-0.2, -0.15) is 0 Å². The molecule has 2 bridgehead atoms. The maximum absolute atomic E-state index is 8.69. The largest absolute Gasteiger partial charge is 0.395 e. The van der Waals surface area contributed by atoms with Crippen molar-refractivity contribution in [3.8, 4) is 0 Å². The third-order valence-electron chi connectivity index (χ3n) is 3.17. The predicted octanol–water partition coefficient (Wildman–Crippen LogP) is -0.337. The Hall–Kier alpha value is -0.120. The fourth-order valence-electron chi connectivity index (χ4n) is 2.45. The maximum atomic E-state index is 8.69. The minimum atomic E-state index is 0.267. The van der Waals surface area contributed by atoms with E-state index >= 15 is 0 Å². The molecule has 12 heavy (non-hydrogen) atoms. The van der Waals surface area contributed by atoms with E-state index in [4.69, 9.17) is 5.11 Å². The van der Waals surface area contributed by atoms with Gasteiger partial charge in [-0.05, 0) is 31.8 Å². The summed E-state index contributed by atoms with van der Waals surface area (Å²) in [5.74, 6) is 0.876. The lowest BCUT2D eigenvalue weighted by molar-refractivity contribution is 0.0705. The molecule has 0 aromatic rings. The molecule has 3 heterocycles. The van der Waals surface area contributed by atoms with Gasteiger partial charge in [-0.1, -0.05) is 0 Å². The minimum absolute atomic E-state index is 0.267. The molecule has 0 radical (unpaired) electrons. The van der Waals surface area contributed by atoms with Gasteiger partial charge >= 0.3 is 0 Å². The van der Waals surface area contributed by atoms with Crippen molar-refractivity contribution in [3.63, 3.8) is 0 Å². The molecule has 3 aliphatic heterocycles. The third-order valence-corrected chi connectivity index (χ3v) is 3.17. The number of hydrogen-bond acceptors (Lipinski definition) is 3. The van der Waals surface area contributed by atoms with Crippen molar-refractivity contribution in [2.75, 3.05) is 32.8 Å². The highest BCUT2D eigenvalue weighted by Crippen LogP contribution is 2.27. The highest BCUT2D eigenvalue weighted by Gasteiger charge is 2.33. The van der Waals surface area contributed by atoms with Gasteiger partial charge in [0.15, 0.2) is 0 Å². The van der Waals surface area contributed by atoms with E-state index in [2.05, 4.69) is 10.2 Å². The topological polar surface area (TPSA) is 35.5 Å². The van der Waals surface area contributed by atoms with Gasteiger partial charge in [0, 0.05) is 19.1 Å². The predicted molar refractivity (Wildman–Crippen MR) is 48.0 cm³/mol. The number of fused-ring (bicyclic) bond motifs is 3. The summed E-state index contributed by atoms with van der Waals surface area (Å²) in [7, 11) is 0. The van der Waals surface area contributed by atoms with Crippen LogP contribution in [0.25, 0.3) is 0 Å². The zero-order valence-corrected chi connectivity index (χ0v) is 7.50. The van der Waals surface area contributed by atoms with Crippen LogP contribution in [0.15, 0.2) is 0 Å². The molecule has 0 aromatic heterocycles. The van der Waals surface area contributed by atoms with Crippen LogP contribution in [-0.4, -0.2) is 48.8 Å². The normalized spacial score (nSPS) is 40.2. The number of aliphatic hydroxyl groups is 1. The molecule has 1 atom stereocenters. The lowest BCUT2D eigenvalue weighted by Crippen LogP contribution is -2.56.